The number of non-ortho nitro benzene ring substituents is 1. The van der Waals surface area contributed by atoms with Crippen molar-refractivity contribution in [3.63, 3.8) is 0 Å². The number of nitro benzene ring substituents is 1. The zero-order chi connectivity index (χ0) is 16.1. The van der Waals surface area contributed by atoms with E-state index in [9.17, 15) is 19.7 Å². The lowest BCUT2D eigenvalue weighted by molar-refractivity contribution is -0.383. The molecule has 1 unspecified atom stereocenters. The number of nitro groups is 1. The predicted molar refractivity (Wildman–Crippen MR) is 77.1 cm³/mol. The molecule has 0 radical (unpaired) electrons. The van der Waals surface area contributed by atoms with E-state index in [1.54, 1.807) is 26.1 Å². The van der Waals surface area contributed by atoms with Gasteiger partial charge in [-0.3, -0.25) is 29.7 Å². The summed E-state index contributed by atoms with van der Waals surface area (Å²) in [5.74, 6) is -0.732. The van der Waals surface area contributed by atoms with Gasteiger partial charge in [-0.15, -0.1) is 0 Å². The third-order valence-corrected chi connectivity index (χ3v) is 4.17. The van der Waals surface area contributed by atoms with Crippen LogP contribution < -0.4 is 5.32 Å². The summed E-state index contributed by atoms with van der Waals surface area (Å²) in [6, 6.07) is 4.68. The summed E-state index contributed by atoms with van der Waals surface area (Å²) in [5, 5.41) is 18.4. The summed E-state index contributed by atoms with van der Waals surface area (Å²) in [6.07, 6.45) is 0.543. The van der Waals surface area contributed by atoms with Crippen molar-refractivity contribution >= 4 is 28.4 Å². The van der Waals surface area contributed by atoms with Crippen molar-refractivity contribution in [3.05, 3.63) is 34.0 Å². The van der Waals surface area contributed by atoms with Gasteiger partial charge in [0.2, 0.25) is 11.8 Å². The average Bonchev–Trinajstić information content (AvgIpc) is 2.81. The van der Waals surface area contributed by atoms with Crippen LogP contribution in [0.15, 0.2) is 18.2 Å². The van der Waals surface area contributed by atoms with E-state index in [0.717, 1.165) is 0 Å². The minimum absolute atomic E-state index is 0.0605. The highest BCUT2D eigenvalue weighted by atomic mass is 16.6. The molecule has 0 bridgehead atoms. The number of hydrogen-bond donors (Lipinski definition) is 1. The molecule has 8 nitrogen and oxygen atoms in total. The van der Waals surface area contributed by atoms with E-state index < -0.39 is 16.2 Å². The van der Waals surface area contributed by atoms with Gasteiger partial charge in [-0.2, -0.15) is 5.10 Å². The number of carbonyl (C=O) groups is 2. The summed E-state index contributed by atoms with van der Waals surface area (Å²) in [5.41, 5.74) is -0.218. The number of hydrogen-bond acceptors (Lipinski definition) is 5. The molecule has 2 aromatic rings. The van der Waals surface area contributed by atoms with Crippen molar-refractivity contribution in [2.45, 2.75) is 25.2 Å². The smallest absolute Gasteiger partial charge is 0.295 e. The number of carbonyl (C=O) groups excluding carboxylic acids is 2. The summed E-state index contributed by atoms with van der Waals surface area (Å²) in [6.45, 7) is 1.70. The Morgan fingerprint density at radius 2 is 2.14 bits per heavy atom. The maximum Gasteiger partial charge on any atom is 0.295 e. The van der Waals surface area contributed by atoms with Crippen LogP contribution in [0.5, 0.6) is 0 Å². The van der Waals surface area contributed by atoms with Crippen molar-refractivity contribution in [1.29, 1.82) is 0 Å². The zero-order valence-corrected chi connectivity index (χ0v) is 12.1. The molecule has 3 rings (SSSR count). The maximum atomic E-state index is 12.3. The topological polar surface area (TPSA) is 107 Å². The first-order chi connectivity index (χ1) is 10.3. The molecular formula is C14H14N4O4. The van der Waals surface area contributed by atoms with Gasteiger partial charge in [0.1, 0.15) is 5.52 Å². The summed E-state index contributed by atoms with van der Waals surface area (Å²) in [7, 11) is 1.61. The molecule has 2 amide bonds. The van der Waals surface area contributed by atoms with E-state index >= 15 is 0 Å². The van der Waals surface area contributed by atoms with Crippen molar-refractivity contribution in [3.8, 4) is 0 Å². The number of imide groups is 1. The number of aromatic nitrogens is 2. The van der Waals surface area contributed by atoms with Gasteiger partial charge in [-0.05, 0) is 13.3 Å². The largest absolute Gasteiger partial charge is 0.296 e. The molecule has 0 saturated carbocycles. The molecule has 1 aliphatic rings. The lowest BCUT2D eigenvalue weighted by Crippen LogP contribution is -2.50. The van der Waals surface area contributed by atoms with Gasteiger partial charge >= 0.3 is 0 Å². The summed E-state index contributed by atoms with van der Waals surface area (Å²) in [4.78, 5) is 34.4. The van der Waals surface area contributed by atoms with Crippen LogP contribution in [0.1, 0.15) is 25.5 Å². The van der Waals surface area contributed by atoms with Crippen molar-refractivity contribution < 1.29 is 14.5 Å². The molecule has 1 atom stereocenters. The molecule has 1 aromatic heterocycles. The van der Waals surface area contributed by atoms with E-state index in [2.05, 4.69) is 10.4 Å². The van der Waals surface area contributed by atoms with Crippen LogP contribution in [0.25, 0.3) is 10.9 Å². The van der Waals surface area contributed by atoms with E-state index in [4.69, 9.17) is 0 Å². The minimum atomic E-state index is -0.983. The normalized spacial score (nSPS) is 21.9. The van der Waals surface area contributed by atoms with Gasteiger partial charge in [0.05, 0.1) is 16.0 Å². The highest BCUT2D eigenvalue weighted by Gasteiger charge is 2.43. The SMILES string of the molecule is Cn1nc(C2(C)CCC(=O)NC2=O)c2cccc([N+](=O)[O-])c21. The first-order valence-corrected chi connectivity index (χ1v) is 6.79. The molecule has 8 heteroatoms. The van der Waals surface area contributed by atoms with Crippen molar-refractivity contribution in [2.75, 3.05) is 0 Å². The van der Waals surface area contributed by atoms with Gasteiger partial charge in [-0.25, -0.2) is 0 Å². The first kappa shape index (κ1) is 14.2. The van der Waals surface area contributed by atoms with Crippen LogP contribution in [-0.4, -0.2) is 26.5 Å². The minimum Gasteiger partial charge on any atom is -0.296 e. The Labute approximate surface area is 125 Å². The van der Waals surface area contributed by atoms with E-state index in [1.807, 2.05) is 0 Å². The van der Waals surface area contributed by atoms with Gasteiger partial charge in [0.25, 0.3) is 5.69 Å². The lowest BCUT2D eigenvalue weighted by Gasteiger charge is -2.30. The fourth-order valence-electron chi connectivity index (χ4n) is 2.90. The predicted octanol–water partition coefficient (Wildman–Crippen LogP) is 1.18. The van der Waals surface area contributed by atoms with Crippen molar-refractivity contribution in [1.82, 2.24) is 15.1 Å². The monoisotopic (exact) mass is 302 g/mol. The third kappa shape index (κ3) is 1.87. The zero-order valence-electron chi connectivity index (χ0n) is 12.1. The Balaban J connectivity index is 2.25. The molecule has 2 heterocycles. The number of rotatable bonds is 2. The fourth-order valence-corrected chi connectivity index (χ4v) is 2.90. The molecule has 0 aliphatic carbocycles. The Morgan fingerprint density at radius 1 is 1.41 bits per heavy atom. The number of aryl methyl sites for hydroxylation is 1. The second-order valence-electron chi connectivity index (χ2n) is 5.61. The van der Waals surface area contributed by atoms with Crippen LogP contribution in [0.4, 0.5) is 5.69 Å². The number of amides is 2. The highest BCUT2D eigenvalue weighted by Crippen LogP contribution is 2.37. The maximum absolute atomic E-state index is 12.3. The number of para-hydroxylation sites is 1. The van der Waals surface area contributed by atoms with Crippen LogP contribution in [0.2, 0.25) is 0 Å². The summed E-state index contributed by atoms with van der Waals surface area (Å²) < 4.78 is 1.41. The summed E-state index contributed by atoms with van der Waals surface area (Å²) >= 11 is 0. The van der Waals surface area contributed by atoms with Crippen LogP contribution >= 0.6 is 0 Å². The average molecular weight is 302 g/mol. The van der Waals surface area contributed by atoms with E-state index in [-0.39, 0.29) is 18.0 Å². The Kier molecular flexibility index (Phi) is 2.98. The second-order valence-corrected chi connectivity index (χ2v) is 5.61. The Morgan fingerprint density at radius 3 is 2.77 bits per heavy atom. The van der Waals surface area contributed by atoms with E-state index in [0.29, 0.717) is 23.0 Å². The van der Waals surface area contributed by atoms with Crippen molar-refractivity contribution in [2.24, 2.45) is 7.05 Å². The molecule has 1 N–H and O–H groups in total. The molecule has 1 aliphatic heterocycles. The van der Waals surface area contributed by atoms with Gasteiger partial charge < -0.3 is 0 Å². The second kappa shape index (κ2) is 4.62. The molecule has 0 spiro atoms. The molecule has 114 valence electrons. The number of nitrogens with one attached hydrogen (secondary N) is 1. The Bertz CT molecular complexity index is 826. The number of benzene rings is 1. The molecule has 1 saturated heterocycles. The number of nitrogens with zero attached hydrogens (tertiary/aromatic N) is 3. The van der Waals surface area contributed by atoms with Crippen LogP contribution in [0.3, 0.4) is 0 Å². The van der Waals surface area contributed by atoms with Crippen LogP contribution in [-0.2, 0) is 22.1 Å². The van der Waals surface area contributed by atoms with E-state index in [1.165, 1.54) is 10.7 Å². The third-order valence-electron chi connectivity index (χ3n) is 4.17. The van der Waals surface area contributed by atoms with Gasteiger partial charge in [-0.1, -0.05) is 12.1 Å². The number of piperidine rings is 1. The van der Waals surface area contributed by atoms with Gasteiger partial charge in [0.15, 0.2) is 0 Å². The Hall–Kier alpha value is -2.77. The molecule has 1 aromatic carbocycles. The quantitative estimate of drug-likeness (QED) is 0.509. The number of fused-ring (bicyclic) bond motifs is 1. The highest BCUT2D eigenvalue weighted by molar-refractivity contribution is 6.05. The standard InChI is InChI=1S/C14H14N4O4/c1-14(7-6-10(19)15-13(14)20)12-8-4-3-5-9(18(21)22)11(8)17(2)16-12/h3-5H,6-7H2,1-2H3,(H,15,19,20). The molecule has 22 heavy (non-hydrogen) atoms. The van der Waals surface area contributed by atoms with Gasteiger partial charge in [0, 0.05) is 24.9 Å². The molecule has 1 fully saturated rings. The first-order valence-electron chi connectivity index (χ1n) is 6.79. The lowest BCUT2D eigenvalue weighted by atomic mass is 9.77. The van der Waals surface area contributed by atoms with Crippen LogP contribution in [0, 0.1) is 10.1 Å². The molecular weight excluding hydrogens is 288 g/mol. The fraction of sp³-hybridized carbons (Fsp3) is 0.357.